The quantitative estimate of drug-likeness (QED) is 0.750. The number of oxazole rings is 1. The first kappa shape index (κ1) is 13.5. The lowest BCUT2D eigenvalue weighted by molar-refractivity contribution is 0.623. The van der Waals surface area contributed by atoms with E-state index in [-0.39, 0.29) is 5.92 Å². The van der Waals surface area contributed by atoms with E-state index in [1.54, 1.807) is 12.1 Å². The first-order valence-electron chi connectivity index (χ1n) is 6.48. The van der Waals surface area contributed by atoms with Gasteiger partial charge in [-0.3, -0.25) is 0 Å². The molecule has 0 fully saturated rings. The molecule has 104 valence electrons. The predicted molar refractivity (Wildman–Crippen MR) is 82.8 cm³/mol. The summed E-state index contributed by atoms with van der Waals surface area (Å²) in [4.78, 5) is 4.39. The summed E-state index contributed by atoms with van der Waals surface area (Å²) in [5.74, 6) is -0.168. The number of rotatable bonds is 3. The van der Waals surface area contributed by atoms with Gasteiger partial charge in [0.25, 0.3) is 6.01 Å². The zero-order chi connectivity index (χ0) is 14.8. The largest absolute Gasteiger partial charge is 0.423 e. The van der Waals surface area contributed by atoms with Crippen LogP contribution < -0.4 is 5.32 Å². The Kier molecular flexibility index (Phi) is 3.51. The first-order valence-corrected chi connectivity index (χ1v) is 6.86. The van der Waals surface area contributed by atoms with E-state index in [9.17, 15) is 0 Å². The van der Waals surface area contributed by atoms with Crippen molar-refractivity contribution >= 4 is 34.4 Å². The standard InChI is InChI=1S/C16H12ClN3O/c1-10(9-18)11-2-7-15-14(8-11)20-16(21-15)19-13-5-3-12(17)4-6-13/h2-8,10H,1H3,(H,19,20). The van der Waals surface area contributed by atoms with Gasteiger partial charge in [-0.15, -0.1) is 0 Å². The van der Waals surface area contributed by atoms with Crippen LogP contribution in [0.1, 0.15) is 18.4 Å². The lowest BCUT2D eigenvalue weighted by Crippen LogP contribution is -1.89. The Balaban J connectivity index is 1.90. The van der Waals surface area contributed by atoms with Crippen LogP contribution in [0.2, 0.25) is 5.02 Å². The summed E-state index contributed by atoms with van der Waals surface area (Å²) in [6, 6.07) is 15.5. The number of fused-ring (bicyclic) bond motifs is 1. The van der Waals surface area contributed by atoms with Gasteiger partial charge < -0.3 is 9.73 Å². The second-order valence-electron chi connectivity index (χ2n) is 4.73. The molecule has 0 aliphatic heterocycles. The minimum Gasteiger partial charge on any atom is -0.423 e. The molecule has 0 aliphatic rings. The molecule has 0 saturated carbocycles. The summed E-state index contributed by atoms with van der Waals surface area (Å²) in [6.45, 7) is 1.86. The van der Waals surface area contributed by atoms with Crippen LogP contribution in [-0.2, 0) is 0 Å². The second kappa shape index (κ2) is 5.47. The number of nitrogens with zero attached hydrogens (tertiary/aromatic N) is 2. The molecule has 0 radical (unpaired) electrons. The van der Waals surface area contributed by atoms with Crippen molar-refractivity contribution in [3.63, 3.8) is 0 Å². The van der Waals surface area contributed by atoms with Crippen molar-refractivity contribution in [2.45, 2.75) is 12.8 Å². The highest BCUT2D eigenvalue weighted by molar-refractivity contribution is 6.30. The summed E-state index contributed by atoms with van der Waals surface area (Å²) >= 11 is 5.85. The molecule has 1 heterocycles. The smallest absolute Gasteiger partial charge is 0.300 e. The van der Waals surface area contributed by atoms with Gasteiger partial charge in [0.05, 0.1) is 12.0 Å². The average Bonchev–Trinajstić information content (AvgIpc) is 2.90. The van der Waals surface area contributed by atoms with E-state index in [1.165, 1.54) is 0 Å². The highest BCUT2D eigenvalue weighted by atomic mass is 35.5. The molecular weight excluding hydrogens is 286 g/mol. The van der Waals surface area contributed by atoms with E-state index in [4.69, 9.17) is 21.3 Å². The van der Waals surface area contributed by atoms with Crippen molar-refractivity contribution in [1.82, 2.24) is 4.98 Å². The topological polar surface area (TPSA) is 61.9 Å². The molecule has 1 atom stereocenters. The van der Waals surface area contributed by atoms with Crippen LogP contribution in [0.15, 0.2) is 46.9 Å². The number of hydrogen-bond acceptors (Lipinski definition) is 4. The molecule has 3 rings (SSSR count). The van der Waals surface area contributed by atoms with Gasteiger partial charge in [-0.05, 0) is 48.9 Å². The van der Waals surface area contributed by atoms with Gasteiger partial charge in [-0.1, -0.05) is 17.7 Å². The third kappa shape index (κ3) is 2.83. The van der Waals surface area contributed by atoms with Crippen LogP contribution >= 0.6 is 11.6 Å². The molecule has 0 saturated heterocycles. The molecule has 0 bridgehead atoms. The highest BCUT2D eigenvalue weighted by Crippen LogP contribution is 2.25. The van der Waals surface area contributed by atoms with Crippen molar-refractivity contribution in [3.8, 4) is 6.07 Å². The number of nitriles is 1. The van der Waals surface area contributed by atoms with Crippen LogP contribution in [0.3, 0.4) is 0 Å². The lowest BCUT2D eigenvalue weighted by Gasteiger charge is -2.00. The van der Waals surface area contributed by atoms with Crippen molar-refractivity contribution in [2.24, 2.45) is 0 Å². The van der Waals surface area contributed by atoms with E-state index >= 15 is 0 Å². The fourth-order valence-corrected chi connectivity index (χ4v) is 2.12. The normalized spacial score (nSPS) is 12.0. The molecule has 3 aromatic rings. The number of halogens is 1. The fraction of sp³-hybridized carbons (Fsp3) is 0.125. The average molecular weight is 298 g/mol. The number of nitrogens with one attached hydrogen (secondary N) is 1. The van der Waals surface area contributed by atoms with Gasteiger partial charge in [0.2, 0.25) is 0 Å². The third-order valence-corrected chi connectivity index (χ3v) is 3.45. The van der Waals surface area contributed by atoms with Crippen LogP contribution in [0.25, 0.3) is 11.1 Å². The van der Waals surface area contributed by atoms with Crippen molar-refractivity contribution < 1.29 is 4.42 Å². The molecule has 1 unspecified atom stereocenters. The molecule has 5 heteroatoms. The molecule has 4 nitrogen and oxygen atoms in total. The zero-order valence-electron chi connectivity index (χ0n) is 11.3. The van der Waals surface area contributed by atoms with Gasteiger partial charge >= 0.3 is 0 Å². The maximum Gasteiger partial charge on any atom is 0.300 e. The van der Waals surface area contributed by atoms with E-state index in [0.717, 1.165) is 16.8 Å². The van der Waals surface area contributed by atoms with Gasteiger partial charge in [0, 0.05) is 10.7 Å². The minimum atomic E-state index is -0.168. The summed E-state index contributed by atoms with van der Waals surface area (Å²) in [5.41, 5.74) is 3.18. The van der Waals surface area contributed by atoms with Crippen LogP contribution in [0.5, 0.6) is 0 Å². The van der Waals surface area contributed by atoms with Gasteiger partial charge in [-0.25, -0.2) is 0 Å². The Bertz CT molecular complexity index is 818. The third-order valence-electron chi connectivity index (χ3n) is 3.20. The van der Waals surface area contributed by atoms with E-state index < -0.39 is 0 Å². The number of hydrogen-bond donors (Lipinski definition) is 1. The number of benzene rings is 2. The van der Waals surface area contributed by atoms with Crippen LogP contribution in [0.4, 0.5) is 11.7 Å². The molecule has 1 aromatic heterocycles. The van der Waals surface area contributed by atoms with E-state index in [0.29, 0.717) is 16.6 Å². The van der Waals surface area contributed by atoms with Crippen LogP contribution in [0, 0.1) is 11.3 Å². The number of anilines is 2. The summed E-state index contributed by atoms with van der Waals surface area (Å²) in [7, 11) is 0. The van der Waals surface area contributed by atoms with Gasteiger partial charge in [0.1, 0.15) is 5.52 Å². The Morgan fingerprint density at radius 3 is 2.71 bits per heavy atom. The highest BCUT2D eigenvalue weighted by Gasteiger charge is 2.10. The van der Waals surface area contributed by atoms with Crippen molar-refractivity contribution in [2.75, 3.05) is 5.32 Å². The van der Waals surface area contributed by atoms with Crippen molar-refractivity contribution in [3.05, 3.63) is 53.1 Å². The Morgan fingerprint density at radius 2 is 2.00 bits per heavy atom. The Hall–Kier alpha value is -2.51. The molecule has 21 heavy (non-hydrogen) atoms. The van der Waals surface area contributed by atoms with Crippen molar-refractivity contribution in [1.29, 1.82) is 5.26 Å². The van der Waals surface area contributed by atoms with Gasteiger partial charge in [0.15, 0.2) is 5.58 Å². The monoisotopic (exact) mass is 297 g/mol. The second-order valence-corrected chi connectivity index (χ2v) is 5.17. The Morgan fingerprint density at radius 1 is 1.24 bits per heavy atom. The molecule has 0 spiro atoms. The predicted octanol–water partition coefficient (Wildman–Crippen LogP) is 4.85. The number of aromatic nitrogens is 1. The first-order chi connectivity index (χ1) is 10.2. The summed E-state index contributed by atoms with van der Waals surface area (Å²) < 4.78 is 5.63. The lowest BCUT2D eigenvalue weighted by atomic mass is 10.0. The van der Waals surface area contributed by atoms with E-state index in [1.807, 2.05) is 37.3 Å². The maximum atomic E-state index is 8.97. The zero-order valence-corrected chi connectivity index (χ0v) is 12.1. The molecular formula is C16H12ClN3O. The molecule has 0 aliphatic carbocycles. The Labute approximate surface area is 127 Å². The summed E-state index contributed by atoms with van der Waals surface area (Å²) in [6.07, 6.45) is 0. The van der Waals surface area contributed by atoms with E-state index in [2.05, 4.69) is 16.4 Å². The molecule has 1 N–H and O–H groups in total. The molecule has 0 amide bonds. The van der Waals surface area contributed by atoms with Crippen LogP contribution in [-0.4, -0.2) is 4.98 Å². The summed E-state index contributed by atoms with van der Waals surface area (Å²) in [5, 5.41) is 12.7. The van der Waals surface area contributed by atoms with Gasteiger partial charge in [-0.2, -0.15) is 10.2 Å². The maximum absolute atomic E-state index is 8.97. The minimum absolute atomic E-state index is 0.168. The fourth-order valence-electron chi connectivity index (χ4n) is 2.00. The SMILES string of the molecule is CC(C#N)c1ccc2oc(Nc3ccc(Cl)cc3)nc2c1. The molecule has 2 aromatic carbocycles.